The highest BCUT2D eigenvalue weighted by atomic mass is 16.2. The number of carbonyl (C=O) groups is 1. The van der Waals surface area contributed by atoms with Crippen LogP contribution in [0.4, 0.5) is 11.4 Å². The van der Waals surface area contributed by atoms with Crippen LogP contribution in [0.3, 0.4) is 0 Å². The van der Waals surface area contributed by atoms with Crippen molar-refractivity contribution in [1.29, 1.82) is 0 Å². The number of nitrogen functional groups attached to an aromatic ring is 1. The fourth-order valence-corrected chi connectivity index (χ4v) is 2.40. The molecule has 84 valence electrons. The van der Waals surface area contributed by atoms with Crippen molar-refractivity contribution in [2.45, 2.75) is 25.7 Å². The van der Waals surface area contributed by atoms with Gasteiger partial charge in [-0.25, -0.2) is 0 Å². The Morgan fingerprint density at radius 1 is 1.38 bits per heavy atom. The Morgan fingerprint density at radius 3 is 2.94 bits per heavy atom. The molecule has 2 N–H and O–H groups in total. The zero-order valence-corrected chi connectivity index (χ0v) is 9.28. The van der Waals surface area contributed by atoms with Crippen molar-refractivity contribution in [3.8, 4) is 0 Å². The Bertz CT molecular complexity index is 438. The minimum absolute atomic E-state index is 0.295. The van der Waals surface area contributed by atoms with Crippen molar-refractivity contribution < 1.29 is 4.79 Å². The molecule has 0 unspecified atom stereocenters. The molecule has 1 heterocycles. The van der Waals surface area contributed by atoms with Crippen molar-refractivity contribution in [1.82, 2.24) is 0 Å². The maximum atomic E-state index is 12.1. The first kappa shape index (κ1) is 9.70. The highest BCUT2D eigenvalue weighted by Crippen LogP contribution is 2.36. The summed E-state index contributed by atoms with van der Waals surface area (Å²) < 4.78 is 0. The summed E-state index contributed by atoms with van der Waals surface area (Å²) in [7, 11) is 0. The van der Waals surface area contributed by atoms with E-state index in [-0.39, 0.29) is 0 Å². The van der Waals surface area contributed by atoms with Crippen LogP contribution < -0.4 is 10.6 Å². The summed E-state index contributed by atoms with van der Waals surface area (Å²) in [6.07, 6.45) is 4.23. The largest absolute Gasteiger partial charge is 0.399 e. The molecule has 2 aliphatic rings. The molecule has 0 bridgehead atoms. The molecule has 1 aliphatic carbocycles. The standard InChI is InChI=1S/C13H16N2O/c14-11-5-6-12-10(8-11)2-1-7-15(12)13(16)9-3-4-9/h5-6,8-9H,1-4,7,14H2. The van der Waals surface area contributed by atoms with Crippen molar-refractivity contribution >= 4 is 17.3 Å². The predicted molar refractivity (Wildman–Crippen MR) is 64.3 cm³/mol. The summed E-state index contributed by atoms with van der Waals surface area (Å²) in [5.41, 5.74) is 8.87. The number of benzene rings is 1. The SMILES string of the molecule is Nc1ccc2c(c1)CCCN2C(=O)C1CC1. The summed E-state index contributed by atoms with van der Waals surface area (Å²) >= 11 is 0. The molecule has 1 fully saturated rings. The van der Waals surface area contributed by atoms with Crippen LogP contribution >= 0.6 is 0 Å². The Labute approximate surface area is 95.2 Å². The van der Waals surface area contributed by atoms with Crippen molar-refractivity contribution in [3.63, 3.8) is 0 Å². The molecule has 1 amide bonds. The van der Waals surface area contributed by atoms with Crippen LogP contribution in [-0.2, 0) is 11.2 Å². The van der Waals surface area contributed by atoms with E-state index in [4.69, 9.17) is 5.73 Å². The Balaban J connectivity index is 1.95. The zero-order chi connectivity index (χ0) is 11.1. The summed E-state index contributed by atoms with van der Waals surface area (Å²) in [4.78, 5) is 14.1. The minimum atomic E-state index is 0.295. The molecule has 0 spiro atoms. The number of amides is 1. The third-order valence-corrected chi connectivity index (χ3v) is 3.41. The molecule has 3 rings (SSSR count). The average molecular weight is 216 g/mol. The van der Waals surface area contributed by atoms with Gasteiger partial charge in [0.25, 0.3) is 0 Å². The quantitative estimate of drug-likeness (QED) is 0.729. The van der Waals surface area contributed by atoms with Gasteiger partial charge in [-0.2, -0.15) is 0 Å². The van der Waals surface area contributed by atoms with Crippen LogP contribution in [0.25, 0.3) is 0 Å². The van der Waals surface area contributed by atoms with Gasteiger partial charge in [-0.3, -0.25) is 4.79 Å². The van der Waals surface area contributed by atoms with Gasteiger partial charge in [-0.05, 0) is 49.4 Å². The monoisotopic (exact) mass is 216 g/mol. The number of nitrogens with zero attached hydrogens (tertiary/aromatic N) is 1. The molecule has 0 atom stereocenters. The summed E-state index contributed by atoms with van der Waals surface area (Å²) in [5, 5.41) is 0. The highest BCUT2D eigenvalue weighted by Gasteiger charge is 2.35. The van der Waals surface area contributed by atoms with Crippen LogP contribution in [0.2, 0.25) is 0 Å². The first-order valence-electron chi connectivity index (χ1n) is 5.95. The number of carbonyl (C=O) groups excluding carboxylic acids is 1. The van der Waals surface area contributed by atoms with E-state index < -0.39 is 0 Å². The van der Waals surface area contributed by atoms with Gasteiger partial charge in [0.1, 0.15) is 0 Å². The maximum Gasteiger partial charge on any atom is 0.230 e. The van der Waals surface area contributed by atoms with E-state index in [2.05, 4.69) is 0 Å². The molecule has 1 aromatic carbocycles. The Morgan fingerprint density at radius 2 is 2.19 bits per heavy atom. The van der Waals surface area contributed by atoms with Crippen molar-refractivity contribution in [2.24, 2.45) is 5.92 Å². The van der Waals surface area contributed by atoms with E-state index in [1.165, 1.54) is 5.56 Å². The molecule has 3 nitrogen and oxygen atoms in total. The van der Waals surface area contributed by atoms with Gasteiger partial charge >= 0.3 is 0 Å². The average Bonchev–Trinajstić information content (AvgIpc) is 3.10. The lowest BCUT2D eigenvalue weighted by atomic mass is 10.0. The third kappa shape index (κ3) is 1.56. The van der Waals surface area contributed by atoms with E-state index in [1.54, 1.807) is 0 Å². The third-order valence-electron chi connectivity index (χ3n) is 3.41. The fraction of sp³-hybridized carbons (Fsp3) is 0.462. The molecule has 0 radical (unpaired) electrons. The maximum absolute atomic E-state index is 12.1. The number of aryl methyl sites for hydroxylation is 1. The van der Waals surface area contributed by atoms with Crippen molar-refractivity contribution in [3.05, 3.63) is 23.8 Å². The van der Waals surface area contributed by atoms with E-state index in [0.717, 1.165) is 43.6 Å². The van der Waals surface area contributed by atoms with Crippen LogP contribution in [-0.4, -0.2) is 12.5 Å². The van der Waals surface area contributed by atoms with E-state index in [1.807, 2.05) is 23.1 Å². The second kappa shape index (κ2) is 3.51. The zero-order valence-electron chi connectivity index (χ0n) is 9.28. The fourth-order valence-electron chi connectivity index (χ4n) is 2.40. The summed E-state index contributed by atoms with van der Waals surface area (Å²) in [6, 6.07) is 5.88. The van der Waals surface area contributed by atoms with Gasteiger partial charge in [0.2, 0.25) is 5.91 Å². The highest BCUT2D eigenvalue weighted by molar-refractivity contribution is 5.97. The van der Waals surface area contributed by atoms with Crippen LogP contribution in [0, 0.1) is 5.92 Å². The lowest BCUT2D eigenvalue weighted by molar-refractivity contribution is -0.119. The first-order chi connectivity index (χ1) is 7.75. The van der Waals surface area contributed by atoms with Crippen LogP contribution in [0.5, 0.6) is 0 Å². The topological polar surface area (TPSA) is 46.3 Å². The van der Waals surface area contributed by atoms with Gasteiger partial charge in [-0.1, -0.05) is 0 Å². The Kier molecular flexibility index (Phi) is 2.13. The molecule has 0 aromatic heterocycles. The second-order valence-corrected chi connectivity index (χ2v) is 4.76. The normalized spacial score (nSPS) is 19.4. The second-order valence-electron chi connectivity index (χ2n) is 4.76. The lowest BCUT2D eigenvalue weighted by Gasteiger charge is -2.29. The van der Waals surface area contributed by atoms with E-state index in [0.29, 0.717) is 11.8 Å². The van der Waals surface area contributed by atoms with Crippen LogP contribution in [0.15, 0.2) is 18.2 Å². The number of anilines is 2. The number of hydrogen-bond acceptors (Lipinski definition) is 2. The van der Waals surface area contributed by atoms with Gasteiger partial charge < -0.3 is 10.6 Å². The van der Waals surface area contributed by atoms with Gasteiger partial charge in [-0.15, -0.1) is 0 Å². The molecule has 1 saturated carbocycles. The molecule has 0 saturated heterocycles. The smallest absolute Gasteiger partial charge is 0.230 e. The van der Waals surface area contributed by atoms with Gasteiger partial charge in [0.05, 0.1) is 0 Å². The summed E-state index contributed by atoms with van der Waals surface area (Å²) in [6.45, 7) is 0.867. The van der Waals surface area contributed by atoms with Crippen molar-refractivity contribution in [2.75, 3.05) is 17.2 Å². The van der Waals surface area contributed by atoms with Gasteiger partial charge in [0.15, 0.2) is 0 Å². The molecule has 1 aliphatic heterocycles. The molecular weight excluding hydrogens is 200 g/mol. The van der Waals surface area contributed by atoms with Crippen LogP contribution in [0.1, 0.15) is 24.8 Å². The van der Waals surface area contributed by atoms with Gasteiger partial charge in [0, 0.05) is 23.8 Å². The number of nitrogens with two attached hydrogens (primary N) is 1. The molecule has 16 heavy (non-hydrogen) atoms. The number of fused-ring (bicyclic) bond motifs is 1. The number of rotatable bonds is 1. The minimum Gasteiger partial charge on any atom is -0.399 e. The van der Waals surface area contributed by atoms with E-state index in [9.17, 15) is 4.79 Å². The lowest BCUT2D eigenvalue weighted by Crippen LogP contribution is -2.36. The number of hydrogen-bond donors (Lipinski definition) is 1. The summed E-state index contributed by atoms with van der Waals surface area (Å²) in [5.74, 6) is 0.606. The Hall–Kier alpha value is -1.51. The molecule has 1 aromatic rings. The first-order valence-corrected chi connectivity index (χ1v) is 5.95. The molecule has 3 heteroatoms. The predicted octanol–water partition coefficient (Wildman–Crippen LogP) is 1.96. The van der Waals surface area contributed by atoms with E-state index >= 15 is 0 Å². The molecular formula is C13H16N2O.